The van der Waals surface area contributed by atoms with Gasteiger partial charge in [-0.2, -0.15) is 0 Å². The number of halogens is 2. The highest BCUT2D eigenvalue weighted by molar-refractivity contribution is 8.13. The van der Waals surface area contributed by atoms with Gasteiger partial charge in [-0.05, 0) is 56.4 Å². The summed E-state index contributed by atoms with van der Waals surface area (Å²) >= 11 is 7.62. The Hall–Kier alpha value is -1.11. The van der Waals surface area contributed by atoms with Gasteiger partial charge in [0.1, 0.15) is 5.60 Å². The average Bonchev–Trinajstić information content (AvgIpc) is 2.67. The molecule has 0 saturated heterocycles. The number of hydrogen-bond acceptors (Lipinski definition) is 4. The Balaban J connectivity index is 0.00000312. The summed E-state index contributed by atoms with van der Waals surface area (Å²) in [7, 11) is 0. The number of thioether (sulfide) groups is 1. The highest BCUT2D eigenvalue weighted by Crippen LogP contribution is 2.30. The zero-order valence-corrected chi connectivity index (χ0v) is 17.1. The summed E-state index contributed by atoms with van der Waals surface area (Å²) in [5, 5.41) is 8.16. The number of amidine groups is 1. The lowest BCUT2D eigenvalue weighted by molar-refractivity contribution is 0.0258. The van der Waals surface area contributed by atoms with Gasteiger partial charge in [0.25, 0.3) is 0 Å². The van der Waals surface area contributed by atoms with E-state index in [1.807, 2.05) is 32.9 Å². The van der Waals surface area contributed by atoms with Crippen molar-refractivity contribution in [2.24, 2.45) is 5.73 Å². The monoisotopic (exact) mass is 405 g/mol. The molecule has 0 radical (unpaired) electrons. The van der Waals surface area contributed by atoms with E-state index in [1.54, 1.807) is 4.90 Å². The van der Waals surface area contributed by atoms with Crippen LogP contribution in [0.15, 0.2) is 12.1 Å². The van der Waals surface area contributed by atoms with E-state index in [2.05, 4.69) is 0 Å². The number of rotatable bonds is 2. The van der Waals surface area contributed by atoms with Gasteiger partial charge in [-0.3, -0.25) is 5.41 Å². The van der Waals surface area contributed by atoms with Crippen molar-refractivity contribution in [1.29, 1.82) is 5.41 Å². The SMILES string of the molecule is CC(C)(C)OC(=O)N1CCc2ccc(Cl)c(CSC(=N)N)c2CC1.Cl. The van der Waals surface area contributed by atoms with E-state index in [9.17, 15) is 4.79 Å². The molecule has 0 atom stereocenters. The lowest BCUT2D eigenvalue weighted by Gasteiger charge is -2.26. The third kappa shape index (κ3) is 6.28. The lowest BCUT2D eigenvalue weighted by Crippen LogP contribution is -2.38. The highest BCUT2D eigenvalue weighted by atomic mass is 35.5. The van der Waals surface area contributed by atoms with E-state index < -0.39 is 5.60 Å². The fourth-order valence-corrected chi connectivity index (χ4v) is 3.64. The predicted octanol–water partition coefficient (Wildman–Crippen LogP) is 4.22. The zero-order chi connectivity index (χ0) is 17.9. The van der Waals surface area contributed by atoms with Gasteiger partial charge in [-0.25, -0.2) is 4.79 Å². The largest absolute Gasteiger partial charge is 0.444 e. The Kier molecular flexibility index (Phi) is 7.90. The maximum atomic E-state index is 12.3. The summed E-state index contributed by atoms with van der Waals surface area (Å²) in [5.41, 5.74) is 8.34. The second-order valence-corrected chi connectivity index (χ2v) is 8.21. The first-order valence-corrected chi connectivity index (χ1v) is 9.27. The first-order chi connectivity index (χ1) is 11.2. The van der Waals surface area contributed by atoms with Gasteiger partial charge in [0.05, 0.1) is 0 Å². The number of amides is 1. The van der Waals surface area contributed by atoms with Gasteiger partial charge < -0.3 is 15.4 Å². The molecule has 1 aromatic rings. The van der Waals surface area contributed by atoms with Crippen molar-refractivity contribution in [3.63, 3.8) is 0 Å². The third-order valence-corrected chi connectivity index (χ3v) is 4.88. The quantitative estimate of drug-likeness (QED) is 0.569. The molecule has 5 nitrogen and oxygen atoms in total. The minimum atomic E-state index is -0.497. The van der Waals surface area contributed by atoms with Crippen LogP contribution in [0.25, 0.3) is 0 Å². The standard InChI is InChI=1S/C17H24ClN3O2S.ClH/c1-17(2,3)23-16(22)21-8-6-11-4-5-14(18)13(10-24-15(19)20)12(11)7-9-21;/h4-5H,6-10H2,1-3H3,(H3,19,20);1H. The Morgan fingerprint density at radius 3 is 2.60 bits per heavy atom. The van der Waals surface area contributed by atoms with Gasteiger partial charge in [-0.1, -0.05) is 29.4 Å². The molecule has 8 heteroatoms. The van der Waals surface area contributed by atoms with Gasteiger partial charge in [0, 0.05) is 23.9 Å². The molecule has 0 fully saturated rings. The number of hydrogen-bond donors (Lipinski definition) is 2. The number of nitrogens with two attached hydrogens (primary N) is 1. The van der Waals surface area contributed by atoms with Crippen molar-refractivity contribution in [2.45, 2.75) is 45.0 Å². The first-order valence-electron chi connectivity index (χ1n) is 7.91. The summed E-state index contributed by atoms with van der Waals surface area (Å²) in [4.78, 5) is 14.1. The van der Waals surface area contributed by atoms with Gasteiger partial charge in [0.2, 0.25) is 0 Å². The molecule has 0 bridgehead atoms. The van der Waals surface area contributed by atoms with Gasteiger partial charge >= 0.3 is 6.09 Å². The molecule has 1 amide bonds. The van der Waals surface area contributed by atoms with Crippen molar-refractivity contribution in [1.82, 2.24) is 4.90 Å². The molecule has 25 heavy (non-hydrogen) atoms. The summed E-state index contributed by atoms with van der Waals surface area (Å²) in [6.07, 6.45) is 1.22. The van der Waals surface area contributed by atoms with Crippen LogP contribution in [0.5, 0.6) is 0 Å². The van der Waals surface area contributed by atoms with Crippen molar-refractivity contribution in [3.8, 4) is 0 Å². The molecule has 140 valence electrons. The number of nitrogens with zero attached hydrogens (tertiary/aromatic N) is 1. The fourth-order valence-electron chi connectivity index (χ4n) is 2.69. The third-order valence-electron chi connectivity index (χ3n) is 3.78. The number of carbonyl (C=O) groups is 1. The van der Waals surface area contributed by atoms with Crippen LogP contribution in [0.4, 0.5) is 4.79 Å². The molecule has 2 rings (SSSR count). The van der Waals surface area contributed by atoms with Crippen molar-refractivity contribution >= 4 is 47.0 Å². The van der Waals surface area contributed by atoms with Crippen LogP contribution in [0, 0.1) is 5.41 Å². The number of fused-ring (bicyclic) bond motifs is 1. The molecule has 0 aliphatic carbocycles. The van der Waals surface area contributed by atoms with Crippen LogP contribution < -0.4 is 5.73 Å². The molecule has 1 aliphatic heterocycles. The number of benzene rings is 1. The summed E-state index contributed by atoms with van der Waals surface area (Å²) < 4.78 is 5.48. The van der Waals surface area contributed by atoms with Crippen LogP contribution in [0.1, 0.15) is 37.5 Å². The summed E-state index contributed by atoms with van der Waals surface area (Å²) in [5.74, 6) is 0.573. The molecule has 1 heterocycles. The highest BCUT2D eigenvalue weighted by Gasteiger charge is 2.25. The Labute approximate surface area is 164 Å². The van der Waals surface area contributed by atoms with E-state index in [0.29, 0.717) is 23.9 Å². The first kappa shape index (κ1) is 21.9. The van der Waals surface area contributed by atoms with Crippen LogP contribution >= 0.6 is 35.8 Å². The normalized spacial score (nSPS) is 14.2. The van der Waals surface area contributed by atoms with Gasteiger partial charge in [-0.15, -0.1) is 12.4 Å². The van der Waals surface area contributed by atoms with E-state index in [-0.39, 0.29) is 23.7 Å². The van der Waals surface area contributed by atoms with E-state index in [4.69, 9.17) is 27.5 Å². The molecular weight excluding hydrogens is 381 g/mol. The Bertz CT molecular complexity index is 648. The second-order valence-electron chi connectivity index (χ2n) is 6.78. The maximum Gasteiger partial charge on any atom is 0.410 e. The average molecular weight is 406 g/mol. The summed E-state index contributed by atoms with van der Waals surface area (Å²) in [6, 6.07) is 3.91. The van der Waals surface area contributed by atoms with E-state index in [1.165, 1.54) is 22.9 Å². The molecule has 0 saturated carbocycles. The van der Waals surface area contributed by atoms with Crippen LogP contribution in [0.3, 0.4) is 0 Å². The van der Waals surface area contributed by atoms with Crippen molar-refractivity contribution in [3.05, 3.63) is 33.8 Å². The lowest BCUT2D eigenvalue weighted by atomic mass is 9.98. The van der Waals surface area contributed by atoms with Crippen molar-refractivity contribution in [2.75, 3.05) is 13.1 Å². The predicted molar refractivity (Wildman–Crippen MR) is 107 cm³/mol. The van der Waals surface area contributed by atoms with Crippen molar-refractivity contribution < 1.29 is 9.53 Å². The molecule has 3 N–H and O–H groups in total. The number of carbonyl (C=O) groups excluding carboxylic acids is 1. The summed E-state index contributed by atoms with van der Waals surface area (Å²) in [6.45, 7) is 6.83. The topological polar surface area (TPSA) is 79.4 Å². The smallest absolute Gasteiger partial charge is 0.410 e. The Morgan fingerprint density at radius 1 is 1.36 bits per heavy atom. The number of nitrogens with one attached hydrogen (secondary N) is 1. The molecular formula is C17H25Cl2N3O2S. The van der Waals surface area contributed by atoms with Crippen LogP contribution in [0.2, 0.25) is 5.02 Å². The molecule has 1 aliphatic rings. The van der Waals surface area contributed by atoms with Crippen LogP contribution in [-0.4, -0.2) is 34.9 Å². The van der Waals surface area contributed by atoms with E-state index >= 15 is 0 Å². The molecule has 0 unspecified atom stereocenters. The molecule has 0 spiro atoms. The maximum absolute atomic E-state index is 12.3. The molecule has 0 aromatic heterocycles. The van der Waals surface area contributed by atoms with Crippen LogP contribution in [-0.2, 0) is 23.3 Å². The second kappa shape index (κ2) is 9.01. The minimum absolute atomic E-state index is 0. The fraction of sp³-hybridized carbons (Fsp3) is 0.529. The van der Waals surface area contributed by atoms with Gasteiger partial charge in [0.15, 0.2) is 5.17 Å². The minimum Gasteiger partial charge on any atom is -0.444 e. The number of ether oxygens (including phenoxy) is 1. The Morgan fingerprint density at radius 2 is 2.00 bits per heavy atom. The molecule has 1 aromatic carbocycles. The zero-order valence-electron chi connectivity index (χ0n) is 14.7. The van der Waals surface area contributed by atoms with E-state index in [0.717, 1.165) is 18.4 Å².